The minimum atomic E-state index is -4.13. The molecule has 0 bridgehead atoms. The average Bonchev–Trinajstić information content (AvgIpc) is 2.60. The van der Waals surface area contributed by atoms with E-state index in [9.17, 15) is 13.2 Å². The Morgan fingerprint density at radius 2 is 1.93 bits per heavy atom. The number of nitrogens with zero attached hydrogens (tertiary/aromatic N) is 2. The van der Waals surface area contributed by atoms with E-state index in [1.165, 1.54) is 4.90 Å². The van der Waals surface area contributed by atoms with Gasteiger partial charge in [0.2, 0.25) is 0 Å². The van der Waals surface area contributed by atoms with Crippen molar-refractivity contribution in [1.29, 1.82) is 0 Å². The molecule has 0 spiro atoms. The quantitative estimate of drug-likeness (QED) is 0.380. The van der Waals surface area contributed by atoms with E-state index in [2.05, 4.69) is 10.3 Å². The molecule has 0 aromatic heterocycles. The number of piperidine rings is 1. The highest BCUT2D eigenvalue weighted by atomic mass is 127. The van der Waals surface area contributed by atoms with Crippen molar-refractivity contribution in [1.82, 2.24) is 10.2 Å². The maximum Gasteiger partial charge on any atom is 0.401 e. The molecule has 1 unspecified atom stereocenters. The average molecular weight is 498 g/mol. The van der Waals surface area contributed by atoms with Gasteiger partial charge >= 0.3 is 6.18 Å². The normalized spacial score (nSPS) is 21.7. The molecule has 1 saturated heterocycles. The van der Waals surface area contributed by atoms with Crippen molar-refractivity contribution in [2.24, 2.45) is 16.6 Å². The first-order valence-electron chi connectivity index (χ1n) is 8.98. The lowest BCUT2D eigenvalue weighted by Gasteiger charge is -2.31. The van der Waals surface area contributed by atoms with E-state index >= 15 is 0 Å². The molecule has 0 aliphatic carbocycles. The maximum atomic E-state index is 12.4. The van der Waals surface area contributed by atoms with Gasteiger partial charge in [-0.1, -0.05) is 18.2 Å². The first-order valence-corrected chi connectivity index (χ1v) is 8.98. The van der Waals surface area contributed by atoms with E-state index in [0.717, 1.165) is 17.7 Å². The summed E-state index contributed by atoms with van der Waals surface area (Å²) in [5.41, 5.74) is 7.10. The molecule has 0 saturated carbocycles. The third-order valence-electron chi connectivity index (χ3n) is 4.91. The van der Waals surface area contributed by atoms with Crippen LogP contribution in [0.5, 0.6) is 5.75 Å². The Bertz CT molecular complexity index is 633. The van der Waals surface area contributed by atoms with E-state index in [1.807, 2.05) is 24.3 Å². The lowest BCUT2D eigenvalue weighted by Crippen LogP contribution is -2.41. The Morgan fingerprint density at radius 1 is 1.22 bits per heavy atom. The fourth-order valence-corrected chi connectivity index (χ4v) is 3.52. The summed E-state index contributed by atoms with van der Waals surface area (Å²) >= 11 is 0. The molecular weight excluding hydrogens is 472 g/mol. The molecule has 2 heterocycles. The van der Waals surface area contributed by atoms with Gasteiger partial charge in [0.15, 0.2) is 5.96 Å². The van der Waals surface area contributed by atoms with Gasteiger partial charge in [-0.15, -0.1) is 24.0 Å². The number of nitrogens with one attached hydrogen (secondary N) is 1. The molecular formula is C18H26F3IN4O. The second-order valence-electron chi connectivity index (χ2n) is 6.93. The highest BCUT2D eigenvalue weighted by Gasteiger charge is 2.32. The van der Waals surface area contributed by atoms with Crippen LogP contribution in [-0.4, -0.2) is 49.8 Å². The van der Waals surface area contributed by atoms with E-state index in [0.29, 0.717) is 45.0 Å². The number of alkyl halides is 3. The SMILES string of the molecule is I.NC(=NCC1CCN(CC(F)(F)F)CC1)NC1CCOc2ccccc21. The number of nitrogens with two attached hydrogens (primary N) is 1. The number of hydrogen-bond acceptors (Lipinski definition) is 3. The third kappa shape index (κ3) is 6.70. The molecule has 1 aromatic carbocycles. The molecule has 2 aliphatic heterocycles. The standard InChI is InChI=1S/C18H25F3N4O.HI/c19-18(20,21)12-25-8-5-13(6-9-25)11-23-17(22)24-15-7-10-26-16-4-2-1-3-14(15)16;/h1-4,13,15H,5-12H2,(H3,22,23,24);1H. The van der Waals surface area contributed by atoms with Crippen LogP contribution >= 0.6 is 24.0 Å². The molecule has 3 rings (SSSR count). The zero-order chi connectivity index (χ0) is 18.6. The number of benzene rings is 1. The molecule has 5 nitrogen and oxygen atoms in total. The molecule has 3 N–H and O–H groups in total. The van der Waals surface area contributed by atoms with Gasteiger partial charge in [-0.05, 0) is 37.9 Å². The lowest BCUT2D eigenvalue weighted by atomic mass is 9.97. The minimum absolute atomic E-state index is 0. The number of guanidine groups is 1. The fourth-order valence-electron chi connectivity index (χ4n) is 3.52. The van der Waals surface area contributed by atoms with Crippen molar-refractivity contribution in [2.45, 2.75) is 31.5 Å². The summed E-state index contributed by atoms with van der Waals surface area (Å²) in [6, 6.07) is 7.91. The molecule has 0 radical (unpaired) electrons. The Balaban J connectivity index is 0.00000261. The summed E-state index contributed by atoms with van der Waals surface area (Å²) in [6.45, 7) is 1.26. The van der Waals surface area contributed by atoms with Crippen LogP contribution in [0.15, 0.2) is 29.3 Å². The van der Waals surface area contributed by atoms with Crippen LogP contribution in [0.2, 0.25) is 0 Å². The van der Waals surface area contributed by atoms with Crippen LogP contribution in [0, 0.1) is 5.92 Å². The van der Waals surface area contributed by atoms with Gasteiger partial charge in [-0.2, -0.15) is 13.2 Å². The van der Waals surface area contributed by atoms with Crippen LogP contribution in [0.3, 0.4) is 0 Å². The maximum absolute atomic E-state index is 12.4. The Labute approximate surface area is 174 Å². The number of fused-ring (bicyclic) bond motifs is 1. The fraction of sp³-hybridized carbons (Fsp3) is 0.611. The Morgan fingerprint density at radius 3 is 2.63 bits per heavy atom. The van der Waals surface area contributed by atoms with Crippen LogP contribution in [0.4, 0.5) is 13.2 Å². The van der Waals surface area contributed by atoms with Gasteiger partial charge in [0, 0.05) is 18.5 Å². The topological polar surface area (TPSA) is 62.9 Å². The number of ether oxygens (including phenoxy) is 1. The Kier molecular flexibility index (Phi) is 8.02. The molecule has 1 atom stereocenters. The van der Waals surface area contributed by atoms with Crippen LogP contribution in [-0.2, 0) is 0 Å². The number of aliphatic imine (C=N–C) groups is 1. The van der Waals surface area contributed by atoms with E-state index in [1.54, 1.807) is 0 Å². The number of hydrogen-bond donors (Lipinski definition) is 2. The number of para-hydroxylation sites is 1. The number of likely N-dealkylation sites (tertiary alicyclic amines) is 1. The van der Waals surface area contributed by atoms with E-state index < -0.39 is 12.7 Å². The van der Waals surface area contributed by atoms with Gasteiger partial charge < -0.3 is 15.8 Å². The second kappa shape index (κ2) is 9.81. The predicted molar refractivity (Wildman–Crippen MR) is 110 cm³/mol. The number of halogens is 4. The minimum Gasteiger partial charge on any atom is -0.493 e. The largest absolute Gasteiger partial charge is 0.493 e. The zero-order valence-corrected chi connectivity index (χ0v) is 17.4. The van der Waals surface area contributed by atoms with Crippen molar-refractivity contribution in [2.75, 3.05) is 32.8 Å². The predicted octanol–water partition coefficient (Wildman–Crippen LogP) is 3.31. The second-order valence-corrected chi connectivity index (χ2v) is 6.93. The van der Waals surface area contributed by atoms with Gasteiger partial charge in [0.05, 0.1) is 19.2 Å². The summed E-state index contributed by atoms with van der Waals surface area (Å²) in [5.74, 6) is 1.52. The summed E-state index contributed by atoms with van der Waals surface area (Å²) in [4.78, 5) is 5.88. The molecule has 27 heavy (non-hydrogen) atoms. The molecule has 152 valence electrons. The van der Waals surface area contributed by atoms with Crippen molar-refractivity contribution >= 4 is 29.9 Å². The Hall–Kier alpha value is -1.23. The van der Waals surface area contributed by atoms with Crippen molar-refractivity contribution in [3.8, 4) is 5.75 Å². The smallest absolute Gasteiger partial charge is 0.401 e. The first kappa shape index (κ1) is 22.1. The van der Waals surface area contributed by atoms with Gasteiger partial charge in [-0.3, -0.25) is 9.89 Å². The molecule has 0 amide bonds. The van der Waals surface area contributed by atoms with Crippen molar-refractivity contribution in [3.05, 3.63) is 29.8 Å². The zero-order valence-electron chi connectivity index (χ0n) is 15.0. The van der Waals surface area contributed by atoms with Crippen LogP contribution in [0.25, 0.3) is 0 Å². The third-order valence-corrected chi connectivity index (χ3v) is 4.91. The summed E-state index contributed by atoms with van der Waals surface area (Å²) in [6.07, 6.45) is -1.89. The monoisotopic (exact) mass is 498 g/mol. The lowest BCUT2D eigenvalue weighted by molar-refractivity contribution is -0.148. The molecule has 2 aliphatic rings. The van der Waals surface area contributed by atoms with Crippen LogP contribution < -0.4 is 15.8 Å². The van der Waals surface area contributed by atoms with Crippen molar-refractivity contribution < 1.29 is 17.9 Å². The first-order chi connectivity index (χ1) is 12.4. The van der Waals surface area contributed by atoms with Gasteiger partial charge in [0.25, 0.3) is 0 Å². The van der Waals surface area contributed by atoms with E-state index in [-0.39, 0.29) is 35.9 Å². The van der Waals surface area contributed by atoms with Crippen molar-refractivity contribution in [3.63, 3.8) is 0 Å². The van der Waals surface area contributed by atoms with Crippen LogP contribution in [0.1, 0.15) is 30.9 Å². The summed E-state index contributed by atoms with van der Waals surface area (Å²) < 4.78 is 42.9. The highest BCUT2D eigenvalue weighted by Crippen LogP contribution is 2.31. The molecule has 1 aromatic rings. The summed E-state index contributed by atoms with van der Waals surface area (Å²) in [5, 5.41) is 3.24. The number of rotatable bonds is 4. The molecule has 9 heteroatoms. The summed E-state index contributed by atoms with van der Waals surface area (Å²) in [7, 11) is 0. The molecule has 1 fully saturated rings. The van der Waals surface area contributed by atoms with Gasteiger partial charge in [-0.25, -0.2) is 0 Å². The highest BCUT2D eigenvalue weighted by molar-refractivity contribution is 14.0. The van der Waals surface area contributed by atoms with Gasteiger partial charge in [0.1, 0.15) is 5.75 Å². The van der Waals surface area contributed by atoms with E-state index in [4.69, 9.17) is 10.5 Å².